The lowest BCUT2D eigenvalue weighted by molar-refractivity contribution is 0.0731. The van der Waals surface area contributed by atoms with E-state index in [-0.39, 0.29) is 5.91 Å². The van der Waals surface area contributed by atoms with Gasteiger partial charge in [-0.15, -0.1) is 11.3 Å². The van der Waals surface area contributed by atoms with Gasteiger partial charge in [-0.2, -0.15) is 5.10 Å². The lowest BCUT2D eigenvalue weighted by atomic mass is 10.2. The molecule has 0 spiro atoms. The van der Waals surface area contributed by atoms with Crippen LogP contribution in [0.4, 0.5) is 0 Å². The van der Waals surface area contributed by atoms with Crippen molar-refractivity contribution in [1.29, 1.82) is 0 Å². The molecule has 1 amide bonds. The van der Waals surface area contributed by atoms with Gasteiger partial charge in [-0.25, -0.2) is 9.97 Å². The topological polar surface area (TPSA) is 68.8 Å². The van der Waals surface area contributed by atoms with Crippen LogP contribution in [-0.2, 0) is 20.1 Å². The van der Waals surface area contributed by atoms with Crippen molar-refractivity contribution in [3.05, 3.63) is 52.3 Å². The van der Waals surface area contributed by atoms with Crippen LogP contribution in [0.25, 0.3) is 0 Å². The number of carbonyl (C=O) groups excluding carboxylic acids is 1. The standard InChI is InChI=1S/C16H20N6OS/c1-12-15(19-13(2)24-12)16(23)22(7-6-21-5-4-17-11-21)10-14-8-18-20(3)9-14/h4-5,8-9,11H,6-7,10H2,1-3H3. The number of imidazole rings is 1. The first-order valence-corrected chi connectivity index (χ1v) is 8.51. The molecule has 126 valence electrons. The fourth-order valence-corrected chi connectivity index (χ4v) is 3.37. The summed E-state index contributed by atoms with van der Waals surface area (Å²) in [6.07, 6.45) is 9.10. The van der Waals surface area contributed by atoms with Gasteiger partial charge >= 0.3 is 0 Å². The summed E-state index contributed by atoms with van der Waals surface area (Å²) >= 11 is 1.55. The average Bonchev–Trinajstić information content (AvgIpc) is 3.25. The van der Waals surface area contributed by atoms with E-state index >= 15 is 0 Å². The monoisotopic (exact) mass is 344 g/mol. The largest absolute Gasteiger partial charge is 0.336 e. The zero-order chi connectivity index (χ0) is 17.1. The Kier molecular flexibility index (Phi) is 4.75. The Balaban J connectivity index is 1.79. The van der Waals surface area contributed by atoms with Crippen molar-refractivity contribution in [1.82, 2.24) is 29.2 Å². The van der Waals surface area contributed by atoms with Crippen LogP contribution in [0.15, 0.2) is 31.1 Å². The van der Waals surface area contributed by atoms with Crippen molar-refractivity contribution in [2.75, 3.05) is 6.54 Å². The van der Waals surface area contributed by atoms with E-state index in [9.17, 15) is 4.79 Å². The Bertz CT molecular complexity index is 820. The highest BCUT2D eigenvalue weighted by atomic mass is 32.1. The molecule has 3 heterocycles. The van der Waals surface area contributed by atoms with E-state index < -0.39 is 0 Å². The van der Waals surface area contributed by atoms with Crippen molar-refractivity contribution in [3.63, 3.8) is 0 Å². The van der Waals surface area contributed by atoms with Crippen molar-refractivity contribution in [2.24, 2.45) is 7.05 Å². The number of thiazole rings is 1. The molecule has 0 saturated heterocycles. The van der Waals surface area contributed by atoms with E-state index in [2.05, 4.69) is 15.1 Å². The predicted molar refractivity (Wildman–Crippen MR) is 91.8 cm³/mol. The maximum atomic E-state index is 13.0. The fraction of sp³-hybridized carbons (Fsp3) is 0.375. The Morgan fingerprint density at radius 2 is 2.21 bits per heavy atom. The Hall–Kier alpha value is -2.48. The Morgan fingerprint density at radius 3 is 2.79 bits per heavy atom. The van der Waals surface area contributed by atoms with Gasteiger partial charge < -0.3 is 9.47 Å². The molecule has 8 heteroatoms. The number of hydrogen-bond donors (Lipinski definition) is 0. The minimum absolute atomic E-state index is 0.0409. The smallest absolute Gasteiger partial charge is 0.273 e. The molecular weight excluding hydrogens is 324 g/mol. The molecule has 0 aliphatic heterocycles. The highest BCUT2D eigenvalue weighted by molar-refractivity contribution is 7.11. The summed E-state index contributed by atoms with van der Waals surface area (Å²) in [5.41, 5.74) is 1.55. The molecular formula is C16H20N6OS. The van der Waals surface area contributed by atoms with Crippen molar-refractivity contribution in [3.8, 4) is 0 Å². The predicted octanol–water partition coefficient (Wildman–Crippen LogP) is 2.03. The van der Waals surface area contributed by atoms with Gasteiger partial charge in [0.15, 0.2) is 0 Å². The number of rotatable bonds is 6. The number of amides is 1. The lowest BCUT2D eigenvalue weighted by Gasteiger charge is -2.22. The van der Waals surface area contributed by atoms with Crippen LogP contribution in [-0.4, -0.2) is 41.7 Å². The van der Waals surface area contributed by atoms with Crippen LogP contribution in [0.2, 0.25) is 0 Å². The van der Waals surface area contributed by atoms with Gasteiger partial charge in [0.2, 0.25) is 0 Å². The van der Waals surface area contributed by atoms with Crippen LogP contribution < -0.4 is 0 Å². The molecule has 0 radical (unpaired) electrons. The highest BCUT2D eigenvalue weighted by Gasteiger charge is 2.21. The third-order valence-electron chi connectivity index (χ3n) is 3.71. The van der Waals surface area contributed by atoms with Crippen LogP contribution in [0.3, 0.4) is 0 Å². The van der Waals surface area contributed by atoms with Gasteiger partial charge in [0, 0.05) is 55.7 Å². The maximum absolute atomic E-state index is 13.0. The number of hydrogen-bond acceptors (Lipinski definition) is 5. The van der Waals surface area contributed by atoms with Gasteiger partial charge in [0.25, 0.3) is 5.91 Å². The molecule has 0 atom stereocenters. The summed E-state index contributed by atoms with van der Waals surface area (Å²) < 4.78 is 3.70. The Labute approximate surface area is 144 Å². The Morgan fingerprint density at radius 1 is 1.38 bits per heavy atom. The first-order valence-electron chi connectivity index (χ1n) is 7.69. The first-order chi connectivity index (χ1) is 11.5. The second-order valence-corrected chi connectivity index (χ2v) is 7.09. The van der Waals surface area contributed by atoms with Gasteiger partial charge in [-0.05, 0) is 13.8 Å². The molecule has 0 aromatic carbocycles. The summed E-state index contributed by atoms with van der Waals surface area (Å²) in [5.74, 6) is -0.0409. The lowest BCUT2D eigenvalue weighted by Crippen LogP contribution is -2.34. The van der Waals surface area contributed by atoms with Crippen molar-refractivity contribution >= 4 is 17.2 Å². The number of aryl methyl sites for hydroxylation is 3. The third kappa shape index (κ3) is 3.70. The van der Waals surface area contributed by atoms with Crippen molar-refractivity contribution < 1.29 is 4.79 Å². The quantitative estimate of drug-likeness (QED) is 0.686. The zero-order valence-corrected chi connectivity index (χ0v) is 14.8. The van der Waals surface area contributed by atoms with E-state index in [0.29, 0.717) is 25.3 Å². The van der Waals surface area contributed by atoms with Gasteiger partial charge in [0.1, 0.15) is 5.69 Å². The summed E-state index contributed by atoms with van der Waals surface area (Å²) in [6.45, 7) is 5.65. The normalized spacial score (nSPS) is 11.0. The average molecular weight is 344 g/mol. The van der Waals surface area contributed by atoms with Gasteiger partial charge in [-0.3, -0.25) is 9.48 Å². The molecule has 24 heavy (non-hydrogen) atoms. The van der Waals surface area contributed by atoms with E-state index in [1.165, 1.54) is 0 Å². The van der Waals surface area contributed by atoms with E-state index in [0.717, 1.165) is 15.4 Å². The molecule has 0 fully saturated rings. The van der Waals surface area contributed by atoms with E-state index in [1.54, 1.807) is 34.7 Å². The van der Waals surface area contributed by atoms with E-state index in [1.807, 2.05) is 42.8 Å². The molecule has 0 aliphatic rings. The maximum Gasteiger partial charge on any atom is 0.273 e. The number of aromatic nitrogens is 5. The van der Waals surface area contributed by atoms with Crippen molar-refractivity contribution in [2.45, 2.75) is 26.9 Å². The van der Waals surface area contributed by atoms with Crippen LogP contribution in [0, 0.1) is 13.8 Å². The number of carbonyl (C=O) groups is 1. The fourth-order valence-electron chi connectivity index (χ4n) is 2.56. The summed E-state index contributed by atoms with van der Waals surface area (Å²) in [7, 11) is 1.87. The second-order valence-electron chi connectivity index (χ2n) is 5.69. The van der Waals surface area contributed by atoms with Crippen LogP contribution >= 0.6 is 11.3 Å². The molecule has 0 aliphatic carbocycles. The molecule has 7 nitrogen and oxygen atoms in total. The molecule has 3 rings (SSSR count). The molecule has 0 unspecified atom stereocenters. The molecule has 0 saturated carbocycles. The van der Waals surface area contributed by atoms with Gasteiger partial charge in [-0.1, -0.05) is 0 Å². The summed E-state index contributed by atoms with van der Waals surface area (Å²) in [4.78, 5) is 24.2. The third-order valence-corrected chi connectivity index (χ3v) is 4.60. The number of nitrogens with zero attached hydrogens (tertiary/aromatic N) is 6. The van der Waals surface area contributed by atoms with Gasteiger partial charge in [0.05, 0.1) is 17.5 Å². The first kappa shape index (κ1) is 16.4. The highest BCUT2D eigenvalue weighted by Crippen LogP contribution is 2.19. The minimum atomic E-state index is -0.0409. The second kappa shape index (κ2) is 6.96. The molecule has 0 bridgehead atoms. The van der Waals surface area contributed by atoms with Crippen LogP contribution in [0.1, 0.15) is 25.9 Å². The van der Waals surface area contributed by atoms with Crippen LogP contribution in [0.5, 0.6) is 0 Å². The molecule has 3 aromatic rings. The van der Waals surface area contributed by atoms with E-state index in [4.69, 9.17) is 0 Å². The zero-order valence-electron chi connectivity index (χ0n) is 14.0. The molecule has 0 N–H and O–H groups in total. The molecule has 3 aromatic heterocycles. The SMILES string of the molecule is Cc1nc(C(=O)N(CCn2ccnc2)Cc2cnn(C)c2)c(C)s1. The summed E-state index contributed by atoms with van der Waals surface area (Å²) in [6, 6.07) is 0. The minimum Gasteiger partial charge on any atom is -0.336 e. The summed E-state index contributed by atoms with van der Waals surface area (Å²) in [5, 5.41) is 5.09.